The summed E-state index contributed by atoms with van der Waals surface area (Å²) < 4.78 is 43.1. The molecule has 0 bridgehead atoms. The molecule has 0 unspecified atom stereocenters. The van der Waals surface area contributed by atoms with Gasteiger partial charge in [-0.3, -0.25) is 0 Å². The maximum absolute atomic E-state index is 12.8. The van der Waals surface area contributed by atoms with Gasteiger partial charge >= 0.3 is 12.1 Å². The van der Waals surface area contributed by atoms with Crippen LogP contribution in [0.1, 0.15) is 42.2 Å². The molecule has 0 aromatic heterocycles. The molecule has 2 atom stereocenters. The van der Waals surface area contributed by atoms with Crippen LogP contribution in [0.3, 0.4) is 0 Å². The summed E-state index contributed by atoms with van der Waals surface area (Å²) in [6, 6.07) is 12.5. The van der Waals surface area contributed by atoms with Crippen molar-refractivity contribution in [3.8, 4) is 0 Å². The monoisotopic (exact) mass is 421 g/mol. The van der Waals surface area contributed by atoms with Gasteiger partial charge in [-0.1, -0.05) is 36.4 Å². The summed E-state index contributed by atoms with van der Waals surface area (Å²) in [5, 5.41) is 13.4. The summed E-state index contributed by atoms with van der Waals surface area (Å²) in [4.78, 5) is 11.3. The standard InChI is InChI=1S/C23H26F3NO3/c1-15(11-22(29)30-3)18-9-7-17(8-10-18)12-16(2)27-14-21(28)19-5-4-6-20(13-19)23(24,25)26/h4-11,13,16,21,27-28H,12,14H2,1-3H3/t16-,21+/m1/s1. The highest BCUT2D eigenvalue weighted by atomic mass is 19.4. The Bertz CT molecular complexity index is 876. The summed E-state index contributed by atoms with van der Waals surface area (Å²) in [6.07, 6.45) is -3.38. The van der Waals surface area contributed by atoms with Crippen LogP contribution in [0.2, 0.25) is 0 Å². The molecule has 30 heavy (non-hydrogen) atoms. The van der Waals surface area contributed by atoms with Crippen LogP contribution in [-0.2, 0) is 22.1 Å². The third kappa shape index (κ3) is 7.00. The number of allylic oxidation sites excluding steroid dienone is 1. The minimum absolute atomic E-state index is 0.00278. The van der Waals surface area contributed by atoms with Crippen molar-refractivity contribution in [2.75, 3.05) is 13.7 Å². The molecule has 0 aliphatic carbocycles. The molecule has 7 heteroatoms. The molecule has 0 saturated heterocycles. The topological polar surface area (TPSA) is 58.6 Å². The first-order valence-corrected chi connectivity index (χ1v) is 9.54. The first kappa shape index (κ1) is 23.6. The van der Waals surface area contributed by atoms with E-state index < -0.39 is 23.8 Å². The first-order chi connectivity index (χ1) is 14.1. The van der Waals surface area contributed by atoms with Crippen molar-refractivity contribution >= 4 is 11.5 Å². The average molecular weight is 421 g/mol. The first-order valence-electron chi connectivity index (χ1n) is 9.54. The number of carbonyl (C=O) groups is 1. The number of esters is 1. The SMILES string of the molecule is COC(=O)C=C(C)c1ccc(C[C@@H](C)NC[C@H](O)c2cccc(C(F)(F)F)c2)cc1. The van der Waals surface area contributed by atoms with Crippen molar-refractivity contribution in [3.63, 3.8) is 0 Å². The number of benzene rings is 2. The van der Waals surface area contributed by atoms with E-state index in [2.05, 4.69) is 10.1 Å². The Labute approximate surface area is 174 Å². The van der Waals surface area contributed by atoms with Crippen LogP contribution in [0.25, 0.3) is 5.57 Å². The largest absolute Gasteiger partial charge is 0.466 e. The van der Waals surface area contributed by atoms with Crippen molar-refractivity contribution < 1.29 is 27.8 Å². The Balaban J connectivity index is 1.91. The maximum Gasteiger partial charge on any atom is 0.416 e. The molecule has 2 aromatic rings. The van der Waals surface area contributed by atoms with Gasteiger partial charge in [0.25, 0.3) is 0 Å². The van der Waals surface area contributed by atoms with E-state index >= 15 is 0 Å². The van der Waals surface area contributed by atoms with E-state index in [-0.39, 0.29) is 18.2 Å². The number of nitrogens with one attached hydrogen (secondary N) is 1. The summed E-state index contributed by atoms with van der Waals surface area (Å²) in [6.45, 7) is 3.90. The predicted octanol–water partition coefficient (Wildman–Crippen LogP) is 4.54. The number of ether oxygens (including phenoxy) is 1. The molecular weight excluding hydrogens is 395 g/mol. The van der Waals surface area contributed by atoms with Crippen molar-refractivity contribution in [1.29, 1.82) is 0 Å². The second-order valence-electron chi connectivity index (χ2n) is 7.20. The van der Waals surface area contributed by atoms with Gasteiger partial charge in [-0.2, -0.15) is 13.2 Å². The van der Waals surface area contributed by atoms with E-state index in [1.807, 2.05) is 38.1 Å². The van der Waals surface area contributed by atoms with Gasteiger partial charge in [-0.15, -0.1) is 0 Å². The van der Waals surface area contributed by atoms with Crippen LogP contribution in [0, 0.1) is 0 Å². The number of halogens is 3. The highest BCUT2D eigenvalue weighted by Gasteiger charge is 2.30. The molecule has 0 radical (unpaired) electrons. The van der Waals surface area contributed by atoms with E-state index in [0.717, 1.165) is 28.8 Å². The molecule has 0 amide bonds. The predicted molar refractivity (Wildman–Crippen MR) is 110 cm³/mol. The number of rotatable bonds is 8. The summed E-state index contributed by atoms with van der Waals surface area (Å²) >= 11 is 0. The van der Waals surface area contributed by atoms with Gasteiger partial charge in [-0.05, 0) is 54.7 Å². The van der Waals surface area contributed by atoms with Crippen molar-refractivity contribution in [1.82, 2.24) is 5.32 Å². The van der Waals surface area contributed by atoms with E-state index in [1.54, 1.807) is 0 Å². The lowest BCUT2D eigenvalue weighted by atomic mass is 10.0. The van der Waals surface area contributed by atoms with Gasteiger partial charge in [0.2, 0.25) is 0 Å². The lowest BCUT2D eigenvalue weighted by molar-refractivity contribution is -0.137. The third-order valence-corrected chi connectivity index (χ3v) is 4.75. The molecule has 0 saturated carbocycles. The van der Waals surface area contributed by atoms with Crippen molar-refractivity contribution in [2.24, 2.45) is 0 Å². The molecule has 0 aliphatic heterocycles. The Morgan fingerprint density at radius 3 is 2.47 bits per heavy atom. The Hall–Kier alpha value is -2.64. The number of hydrogen-bond donors (Lipinski definition) is 2. The zero-order chi connectivity index (χ0) is 22.3. The smallest absolute Gasteiger partial charge is 0.416 e. The van der Waals surface area contributed by atoms with Crippen molar-refractivity contribution in [3.05, 3.63) is 76.9 Å². The zero-order valence-electron chi connectivity index (χ0n) is 17.2. The summed E-state index contributed by atoms with van der Waals surface area (Å²) in [7, 11) is 1.33. The fourth-order valence-corrected chi connectivity index (χ4v) is 3.00. The van der Waals surface area contributed by atoms with Crippen LogP contribution in [-0.4, -0.2) is 30.8 Å². The number of aliphatic hydroxyl groups is 1. The average Bonchev–Trinajstić information content (AvgIpc) is 2.71. The fraction of sp³-hybridized carbons (Fsp3) is 0.348. The number of alkyl halides is 3. The van der Waals surface area contributed by atoms with Crippen LogP contribution in [0.5, 0.6) is 0 Å². The van der Waals surface area contributed by atoms with Gasteiger partial charge < -0.3 is 15.2 Å². The van der Waals surface area contributed by atoms with E-state index in [1.165, 1.54) is 25.3 Å². The molecule has 0 heterocycles. The molecule has 0 aliphatic rings. The highest BCUT2D eigenvalue weighted by molar-refractivity contribution is 5.90. The quantitative estimate of drug-likeness (QED) is 0.486. The Kier molecular flexibility index (Phi) is 8.20. The van der Waals surface area contributed by atoms with E-state index in [9.17, 15) is 23.1 Å². The summed E-state index contributed by atoms with van der Waals surface area (Å²) in [5.41, 5.74) is 2.21. The summed E-state index contributed by atoms with van der Waals surface area (Å²) in [5.74, 6) is -0.409. The van der Waals surface area contributed by atoms with E-state index in [0.29, 0.717) is 6.42 Å². The molecule has 0 spiro atoms. The molecule has 2 rings (SSSR count). The second kappa shape index (κ2) is 10.4. The zero-order valence-corrected chi connectivity index (χ0v) is 17.2. The Morgan fingerprint density at radius 2 is 1.87 bits per heavy atom. The van der Waals surface area contributed by atoms with Crippen LogP contribution in [0.15, 0.2) is 54.6 Å². The lowest BCUT2D eigenvalue weighted by Gasteiger charge is -2.18. The van der Waals surface area contributed by atoms with Gasteiger partial charge in [0.05, 0.1) is 18.8 Å². The molecule has 162 valence electrons. The Morgan fingerprint density at radius 1 is 1.20 bits per heavy atom. The van der Waals surface area contributed by atoms with Crippen LogP contribution < -0.4 is 5.32 Å². The van der Waals surface area contributed by atoms with Gasteiger partial charge in [0.15, 0.2) is 0 Å². The van der Waals surface area contributed by atoms with Crippen LogP contribution in [0.4, 0.5) is 13.2 Å². The number of hydrogen-bond acceptors (Lipinski definition) is 4. The number of carbonyl (C=O) groups excluding carboxylic acids is 1. The lowest BCUT2D eigenvalue weighted by Crippen LogP contribution is -2.32. The molecular formula is C23H26F3NO3. The normalized spacial score (nSPS) is 14.3. The van der Waals surface area contributed by atoms with Crippen LogP contribution >= 0.6 is 0 Å². The number of methoxy groups -OCH3 is 1. The highest BCUT2D eigenvalue weighted by Crippen LogP contribution is 2.30. The fourth-order valence-electron chi connectivity index (χ4n) is 3.00. The van der Waals surface area contributed by atoms with Gasteiger partial charge in [0, 0.05) is 18.7 Å². The molecule has 2 aromatic carbocycles. The third-order valence-electron chi connectivity index (χ3n) is 4.75. The molecule has 0 fully saturated rings. The minimum atomic E-state index is -4.44. The second-order valence-corrected chi connectivity index (χ2v) is 7.20. The van der Waals surface area contributed by atoms with Gasteiger partial charge in [-0.25, -0.2) is 4.79 Å². The van der Waals surface area contributed by atoms with Crippen molar-refractivity contribution in [2.45, 2.75) is 38.6 Å². The molecule has 4 nitrogen and oxygen atoms in total. The minimum Gasteiger partial charge on any atom is -0.466 e. The van der Waals surface area contributed by atoms with E-state index in [4.69, 9.17) is 0 Å². The van der Waals surface area contributed by atoms with Gasteiger partial charge in [0.1, 0.15) is 0 Å². The number of aliphatic hydroxyl groups excluding tert-OH is 1. The maximum atomic E-state index is 12.8. The molecule has 2 N–H and O–H groups in total.